The van der Waals surface area contributed by atoms with Gasteiger partial charge in [0, 0.05) is 6.08 Å². The molecule has 5 atom stereocenters. The molecule has 0 unspecified atom stereocenters. The van der Waals surface area contributed by atoms with Gasteiger partial charge in [0.1, 0.15) is 6.10 Å². The molecule has 0 aromatic carbocycles. The van der Waals surface area contributed by atoms with E-state index in [1.54, 1.807) is 6.08 Å². The summed E-state index contributed by atoms with van der Waals surface area (Å²) in [5.41, 5.74) is -0.242. The Morgan fingerprint density at radius 2 is 1.75 bits per heavy atom. The zero-order valence-electron chi connectivity index (χ0n) is 19.3. The molecule has 1 N–H and O–H groups in total. The van der Waals surface area contributed by atoms with E-state index in [1.165, 1.54) is 25.3 Å². The maximum Gasteiger partial charge on any atom is 0.330 e. The summed E-state index contributed by atoms with van der Waals surface area (Å²) in [4.78, 5) is 25.5. The van der Waals surface area contributed by atoms with Gasteiger partial charge in [0.2, 0.25) is 0 Å². The summed E-state index contributed by atoms with van der Waals surface area (Å²) in [5.74, 6) is 1.88. The van der Waals surface area contributed by atoms with Gasteiger partial charge in [-0.2, -0.15) is 0 Å². The second kappa shape index (κ2) is 8.96. The lowest BCUT2D eigenvalue weighted by Crippen LogP contribution is -2.51. The zero-order chi connectivity index (χ0) is 22.3. The molecule has 1 heterocycles. The Balaban J connectivity index is 1.26. The predicted octanol–water partition coefficient (Wildman–Crippen LogP) is 4.73. The average Bonchev–Trinajstić information content (AvgIpc) is 3.13. The molecule has 5 nitrogen and oxygen atoms in total. The van der Waals surface area contributed by atoms with E-state index >= 15 is 0 Å². The molecule has 5 aliphatic carbocycles. The van der Waals surface area contributed by atoms with Gasteiger partial charge in [-0.15, -0.1) is 0 Å². The highest BCUT2D eigenvalue weighted by atomic mass is 16.5. The van der Waals surface area contributed by atoms with Crippen LogP contribution >= 0.6 is 0 Å². The molecule has 5 fully saturated rings. The molecule has 1 aliphatic heterocycles. The van der Waals surface area contributed by atoms with Gasteiger partial charge in [-0.3, -0.25) is 4.79 Å². The summed E-state index contributed by atoms with van der Waals surface area (Å²) in [6.45, 7) is 1.91. The van der Waals surface area contributed by atoms with Crippen LogP contribution in [0.4, 0.5) is 0 Å². The van der Waals surface area contributed by atoms with Crippen molar-refractivity contribution in [1.29, 1.82) is 0 Å². The van der Waals surface area contributed by atoms with E-state index in [-0.39, 0.29) is 35.4 Å². The van der Waals surface area contributed by atoms with E-state index in [0.717, 1.165) is 44.9 Å². The highest BCUT2D eigenvalue weighted by molar-refractivity contribution is 5.82. The summed E-state index contributed by atoms with van der Waals surface area (Å²) in [7, 11) is 0. The first-order valence-electron chi connectivity index (χ1n) is 12.8. The highest BCUT2D eigenvalue weighted by Gasteiger charge is 2.56. The Kier molecular flexibility index (Phi) is 6.21. The van der Waals surface area contributed by atoms with Crippen LogP contribution in [0.1, 0.15) is 77.6 Å². The maximum atomic E-state index is 13.4. The summed E-state index contributed by atoms with van der Waals surface area (Å²) >= 11 is 0. The monoisotopic (exact) mass is 442 g/mol. The molecule has 6 aliphatic rings. The summed E-state index contributed by atoms with van der Waals surface area (Å²) < 4.78 is 11.6. The third-order valence-corrected chi connectivity index (χ3v) is 8.92. The van der Waals surface area contributed by atoms with E-state index in [9.17, 15) is 14.7 Å². The average molecular weight is 443 g/mol. The van der Waals surface area contributed by atoms with Gasteiger partial charge in [0.25, 0.3) is 0 Å². The minimum Gasteiger partial charge on any atom is -0.462 e. The normalized spacial score (nSPS) is 48.0. The number of cyclic esters (lactones) is 1. The fourth-order valence-electron chi connectivity index (χ4n) is 7.81. The molecule has 32 heavy (non-hydrogen) atoms. The van der Waals surface area contributed by atoms with Gasteiger partial charge in [-0.25, -0.2) is 4.79 Å². The SMILES string of the molecule is C[C@H]1CCC/C=C/[C@@H]2C[C@H](OC(=O)C34CC5CC(CC(C5)C3)C4)C[C@H]2[C@H](O)/C=C/C(=O)O1. The Hall–Kier alpha value is -1.62. The zero-order valence-corrected chi connectivity index (χ0v) is 19.3. The van der Waals surface area contributed by atoms with Crippen LogP contribution in [0.3, 0.4) is 0 Å². The molecule has 4 bridgehead atoms. The van der Waals surface area contributed by atoms with Gasteiger partial charge in [0.05, 0.1) is 17.6 Å². The molecule has 0 radical (unpaired) electrons. The van der Waals surface area contributed by atoms with Crippen LogP contribution in [-0.2, 0) is 19.1 Å². The molecular weight excluding hydrogens is 404 g/mol. The second-order valence-corrected chi connectivity index (χ2v) is 11.5. The number of carbonyl (C=O) groups excluding carboxylic acids is 2. The van der Waals surface area contributed by atoms with Crippen molar-refractivity contribution in [2.24, 2.45) is 35.0 Å². The van der Waals surface area contributed by atoms with Crippen LogP contribution in [-0.4, -0.2) is 35.4 Å². The Labute approximate surface area is 191 Å². The fraction of sp³-hybridized carbons (Fsp3) is 0.778. The van der Waals surface area contributed by atoms with E-state index in [4.69, 9.17) is 9.47 Å². The number of aliphatic hydroxyl groups is 1. The quantitative estimate of drug-likeness (QED) is 0.494. The Morgan fingerprint density at radius 1 is 1.06 bits per heavy atom. The number of allylic oxidation sites excluding steroid dienone is 2. The van der Waals surface area contributed by atoms with Crippen molar-refractivity contribution in [2.45, 2.75) is 95.9 Å². The molecule has 176 valence electrons. The molecule has 0 spiro atoms. The van der Waals surface area contributed by atoms with Crippen LogP contribution in [0.2, 0.25) is 0 Å². The fourth-order valence-corrected chi connectivity index (χ4v) is 7.81. The van der Waals surface area contributed by atoms with Crippen LogP contribution in [0.5, 0.6) is 0 Å². The van der Waals surface area contributed by atoms with Gasteiger partial charge in [-0.05, 0) is 113 Å². The lowest BCUT2D eigenvalue weighted by atomic mass is 9.49. The molecule has 5 saturated carbocycles. The standard InChI is InChI=1S/C27H38O5/c1-17-5-3-2-4-6-21-12-22(13-23(21)24(28)7-8-25(29)31-17)32-26(30)27-14-18-9-19(15-27)11-20(10-18)16-27/h4,6-8,17-24,28H,2-3,5,9-16H2,1H3/b6-4+,8-7+/t17-,18?,19?,20?,21+,22-,23+,24+,27?/m0/s1. The topological polar surface area (TPSA) is 72.8 Å². The summed E-state index contributed by atoms with van der Waals surface area (Å²) in [6, 6.07) is 0. The van der Waals surface area contributed by atoms with Crippen molar-refractivity contribution >= 4 is 11.9 Å². The largest absolute Gasteiger partial charge is 0.462 e. The molecule has 0 aromatic rings. The lowest BCUT2D eigenvalue weighted by Gasteiger charge is -2.55. The number of hydrogen-bond acceptors (Lipinski definition) is 5. The van der Waals surface area contributed by atoms with Gasteiger partial charge >= 0.3 is 11.9 Å². The number of hydrogen-bond donors (Lipinski definition) is 1. The summed E-state index contributed by atoms with van der Waals surface area (Å²) in [5, 5.41) is 10.8. The van der Waals surface area contributed by atoms with Crippen molar-refractivity contribution in [3.63, 3.8) is 0 Å². The van der Waals surface area contributed by atoms with Crippen molar-refractivity contribution in [2.75, 3.05) is 0 Å². The van der Waals surface area contributed by atoms with Crippen molar-refractivity contribution in [3.05, 3.63) is 24.3 Å². The van der Waals surface area contributed by atoms with E-state index in [1.807, 2.05) is 6.92 Å². The second-order valence-electron chi connectivity index (χ2n) is 11.5. The Morgan fingerprint density at radius 3 is 2.44 bits per heavy atom. The molecule has 0 aromatic heterocycles. The van der Waals surface area contributed by atoms with Gasteiger partial charge in [0.15, 0.2) is 0 Å². The highest BCUT2D eigenvalue weighted by Crippen LogP contribution is 2.60. The molecule has 5 heteroatoms. The number of rotatable bonds is 2. The first kappa shape index (κ1) is 22.2. The first-order chi connectivity index (χ1) is 15.4. The molecular formula is C27H38O5. The minimum absolute atomic E-state index is 0.0296. The van der Waals surface area contributed by atoms with Crippen LogP contribution < -0.4 is 0 Å². The van der Waals surface area contributed by atoms with Crippen molar-refractivity contribution < 1.29 is 24.2 Å². The van der Waals surface area contributed by atoms with E-state index in [2.05, 4.69) is 12.2 Å². The van der Waals surface area contributed by atoms with Crippen LogP contribution in [0, 0.1) is 35.0 Å². The van der Waals surface area contributed by atoms with Gasteiger partial charge < -0.3 is 14.6 Å². The Bertz CT molecular complexity index is 748. The number of fused-ring (bicyclic) bond motifs is 1. The first-order valence-corrected chi connectivity index (χ1v) is 12.8. The third-order valence-electron chi connectivity index (χ3n) is 8.92. The smallest absolute Gasteiger partial charge is 0.330 e. The van der Waals surface area contributed by atoms with Gasteiger partial charge in [-0.1, -0.05) is 12.2 Å². The van der Waals surface area contributed by atoms with Crippen LogP contribution in [0.15, 0.2) is 24.3 Å². The number of esters is 2. The molecule has 6 rings (SSSR count). The molecule has 0 saturated heterocycles. The number of carbonyl (C=O) groups is 2. The van der Waals surface area contributed by atoms with E-state index in [0.29, 0.717) is 24.2 Å². The number of aliphatic hydroxyl groups excluding tert-OH is 1. The molecule has 0 amide bonds. The summed E-state index contributed by atoms with van der Waals surface area (Å²) in [6.07, 6.45) is 17.4. The predicted molar refractivity (Wildman–Crippen MR) is 120 cm³/mol. The van der Waals surface area contributed by atoms with Crippen molar-refractivity contribution in [1.82, 2.24) is 0 Å². The third kappa shape index (κ3) is 4.55. The number of ether oxygens (including phenoxy) is 2. The maximum absolute atomic E-state index is 13.4. The van der Waals surface area contributed by atoms with Crippen LogP contribution in [0.25, 0.3) is 0 Å². The lowest BCUT2D eigenvalue weighted by molar-refractivity contribution is -0.177. The minimum atomic E-state index is -0.753. The van der Waals surface area contributed by atoms with E-state index < -0.39 is 12.1 Å². The van der Waals surface area contributed by atoms with Crippen molar-refractivity contribution in [3.8, 4) is 0 Å².